The van der Waals surface area contributed by atoms with Crippen molar-refractivity contribution < 1.29 is 66.7 Å². The molecule has 14 atom stereocenters. The molecule has 0 aromatic heterocycles. The van der Waals surface area contributed by atoms with Crippen LogP contribution in [0.1, 0.15) is 92.9 Å². The molecule has 50 heavy (non-hydrogen) atoms. The van der Waals surface area contributed by atoms with Crippen LogP contribution < -0.4 is 0 Å². The number of hydrogen-bond donors (Lipinski definition) is 0. The van der Waals surface area contributed by atoms with E-state index in [1.807, 2.05) is 0 Å². The van der Waals surface area contributed by atoms with Gasteiger partial charge in [-0.05, 0) is 73.5 Å². The second-order valence-electron chi connectivity index (χ2n) is 15.7. The highest BCUT2D eigenvalue weighted by molar-refractivity contribution is 5.89. The van der Waals surface area contributed by atoms with Gasteiger partial charge in [-0.1, -0.05) is 13.8 Å². The summed E-state index contributed by atoms with van der Waals surface area (Å²) in [6, 6.07) is 0. The lowest BCUT2D eigenvalue weighted by atomic mass is 9.44. The minimum absolute atomic E-state index is 0.0917. The third kappa shape index (κ3) is 6.49. The number of esters is 4. The Morgan fingerprint density at radius 3 is 2.20 bits per heavy atom. The summed E-state index contributed by atoms with van der Waals surface area (Å²) in [7, 11) is 1.16. The fourth-order valence-corrected chi connectivity index (χ4v) is 10.8. The van der Waals surface area contributed by atoms with Crippen LogP contribution >= 0.6 is 0 Å². The molecule has 6 aliphatic rings. The van der Waals surface area contributed by atoms with Gasteiger partial charge in [0.1, 0.15) is 12.4 Å². The molecule has 4 saturated carbocycles. The molecule has 0 spiro atoms. The number of carbonyl (C=O) groups is 6. The number of methoxy groups -OCH3 is 1. The fraction of sp³-hybridized carbons (Fsp3) is 0.833. The first-order valence-electron chi connectivity index (χ1n) is 17.8. The smallest absolute Gasteiger partial charge is 0.339 e. The van der Waals surface area contributed by atoms with Crippen LogP contribution in [-0.4, -0.2) is 91.9 Å². The average Bonchev–Trinajstić information content (AvgIpc) is 3.55. The summed E-state index contributed by atoms with van der Waals surface area (Å²) in [5.41, 5.74) is -0.670. The number of Topliss-reactive ketones (excluding diaryl/α,β-unsaturated/α-hetero) is 2. The third-order valence-corrected chi connectivity index (χ3v) is 12.7. The molecule has 0 amide bonds. The summed E-state index contributed by atoms with van der Waals surface area (Å²) >= 11 is 0. The van der Waals surface area contributed by atoms with E-state index in [0.717, 1.165) is 39.7 Å². The molecule has 0 aromatic rings. The molecule has 0 N–H and O–H groups in total. The average molecular weight is 707 g/mol. The molecule has 0 unspecified atom stereocenters. The van der Waals surface area contributed by atoms with E-state index in [9.17, 15) is 28.8 Å². The zero-order valence-electron chi connectivity index (χ0n) is 29.9. The minimum Gasteiger partial charge on any atom is -0.467 e. The lowest BCUT2D eigenvalue weighted by molar-refractivity contribution is -0.363. The fourth-order valence-electron chi connectivity index (χ4n) is 10.8. The Morgan fingerprint density at radius 2 is 1.54 bits per heavy atom. The number of rotatable bonds is 8. The normalized spacial score (nSPS) is 44.9. The van der Waals surface area contributed by atoms with Crippen LogP contribution in [0, 0.1) is 40.4 Å². The predicted octanol–water partition coefficient (Wildman–Crippen LogP) is 3.19. The van der Waals surface area contributed by atoms with Crippen molar-refractivity contribution in [1.82, 2.24) is 0 Å². The van der Waals surface area contributed by atoms with Gasteiger partial charge in [0.2, 0.25) is 0 Å². The van der Waals surface area contributed by atoms with Gasteiger partial charge in [0.25, 0.3) is 5.97 Å². The summed E-state index contributed by atoms with van der Waals surface area (Å²) in [6.07, 6.45) is -0.804. The molecule has 6 rings (SSSR count). The van der Waals surface area contributed by atoms with Crippen LogP contribution in [0.5, 0.6) is 0 Å². The Bertz CT molecular complexity index is 1410. The number of hydrogen-bond acceptors (Lipinski definition) is 14. The van der Waals surface area contributed by atoms with Gasteiger partial charge in [-0.25, -0.2) is 4.79 Å². The molecule has 2 aliphatic heterocycles. The maximum absolute atomic E-state index is 14.1. The molecule has 2 saturated heterocycles. The molecule has 6 fully saturated rings. The van der Waals surface area contributed by atoms with E-state index < -0.39 is 66.0 Å². The van der Waals surface area contributed by atoms with E-state index in [1.54, 1.807) is 6.92 Å². The largest absolute Gasteiger partial charge is 0.467 e. The summed E-state index contributed by atoms with van der Waals surface area (Å²) in [4.78, 5) is 75.4. The van der Waals surface area contributed by atoms with Crippen LogP contribution in [0.25, 0.3) is 0 Å². The van der Waals surface area contributed by atoms with E-state index in [1.165, 1.54) is 13.8 Å². The first-order chi connectivity index (χ1) is 23.5. The Morgan fingerprint density at radius 1 is 0.840 bits per heavy atom. The predicted molar refractivity (Wildman–Crippen MR) is 168 cm³/mol. The van der Waals surface area contributed by atoms with Crippen molar-refractivity contribution in [1.29, 1.82) is 0 Å². The number of carbonyl (C=O) groups excluding carboxylic acids is 6. The highest BCUT2D eigenvalue weighted by atomic mass is 16.9. The van der Waals surface area contributed by atoms with E-state index >= 15 is 0 Å². The molecule has 0 bridgehead atoms. The zero-order valence-corrected chi connectivity index (χ0v) is 29.9. The van der Waals surface area contributed by atoms with Crippen molar-refractivity contribution in [3.8, 4) is 0 Å². The minimum atomic E-state index is -1.64. The molecular weight excluding hydrogens is 656 g/mol. The first-order valence-corrected chi connectivity index (χ1v) is 17.8. The van der Waals surface area contributed by atoms with Crippen molar-refractivity contribution in [3.63, 3.8) is 0 Å². The van der Waals surface area contributed by atoms with Crippen molar-refractivity contribution in [2.45, 2.75) is 136 Å². The van der Waals surface area contributed by atoms with E-state index in [-0.39, 0.29) is 59.3 Å². The Kier molecular flexibility index (Phi) is 9.99. The van der Waals surface area contributed by atoms with Crippen LogP contribution in [-0.2, 0) is 66.7 Å². The molecular formula is C36H50O14. The first kappa shape index (κ1) is 36.8. The van der Waals surface area contributed by atoms with Gasteiger partial charge in [-0.3, -0.25) is 28.7 Å². The summed E-state index contributed by atoms with van der Waals surface area (Å²) < 4.78 is 45.5. The lowest BCUT2D eigenvalue weighted by Crippen LogP contribution is -2.61. The molecule has 0 radical (unpaired) electrons. The molecule has 2 heterocycles. The highest BCUT2D eigenvalue weighted by Gasteiger charge is 2.65. The second kappa shape index (κ2) is 13.6. The quantitative estimate of drug-likeness (QED) is 0.266. The second-order valence-corrected chi connectivity index (χ2v) is 15.7. The van der Waals surface area contributed by atoms with Gasteiger partial charge in [0.15, 0.2) is 36.5 Å². The molecule has 0 aromatic carbocycles. The van der Waals surface area contributed by atoms with Crippen molar-refractivity contribution >= 4 is 35.4 Å². The molecule has 14 heteroatoms. The maximum atomic E-state index is 14.1. The number of ketones is 2. The Balaban J connectivity index is 1.14. The standard InChI is InChI=1S/C36H50O14/c1-17(37)44-16-26(41)24-11-10-23-22-9-8-20-14-21(12-13-34(20,4)27(22)25(40)15-35(23,24)5)48-36(6)49-31-29(46-19(3)39)28(45-18(2)38)30(32(42)43-7)47-33(31)50-36/h20-24,27-31,33H,8-16H2,1-7H3/t20-,21-,22-,23+,24-,27+,28+,29+,30+,31-,33-,34-,35-,36-/m1/s1. The van der Waals surface area contributed by atoms with E-state index in [4.69, 9.17) is 37.9 Å². The number of fused-ring (bicyclic) bond motifs is 6. The Hall–Kier alpha value is -2.94. The van der Waals surface area contributed by atoms with Gasteiger partial charge >= 0.3 is 23.9 Å². The van der Waals surface area contributed by atoms with E-state index in [0.29, 0.717) is 25.7 Å². The Labute approximate surface area is 291 Å². The maximum Gasteiger partial charge on any atom is 0.339 e. The van der Waals surface area contributed by atoms with Crippen molar-refractivity contribution in [2.24, 2.45) is 40.4 Å². The van der Waals surface area contributed by atoms with Gasteiger partial charge in [-0.2, -0.15) is 0 Å². The molecule has 278 valence electrons. The van der Waals surface area contributed by atoms with Gasteiger partial charge in [-0.15, -0.1) is 0 Å². The monoisotopic (exact) mass is 706 g/mol. The van der Waals surface area contributed by atoms with Crippen LogP contribution in [0.4, 0.5) is 0 Å². The van der Waals surface area contributed by atoms with Gasteiger partial charge in [0.05, 0.1) is 13.2 Å². The van der Waals surface area contributed by atoms with E-state index in [2.05, 4.69) is 13.8 Å². The van der Waals surface area contributed by atoms with Crippen molar-refractivity contribution in [2.75, 3.05) is 13.7 Å². The van der Waals surface area contributed by atoms with Crippen LogP contribution in [0.15, 0.2) is 0 Å². The van der Waals surface area contributed by atoms with Crippen molar-refractivity contribution in [3.05, 3.63) is 0 Å². The summed E-state index contributed by atoms with van der Waals surface area (Å²) in [5, 5.41) is 0. The molecule has 4 aliphatic carbocycles. The van der Waals surface area contributed by atoms with Gasteiger partial charge in [0, 0.05) is 46.0 Å². The topological polar surface area (TPSA) is 176 Å². The third-order valence-electron chi connectivity index (χ3n) is 12.7. The summed E-state index contributed by atoms with van der Waals surface area (Å²) in [6.45, 7) is 9.31. The van der Waals surface area contributed by atoms with Crippen LogP contribution in [0.2, 0.25) is 0 Å². The molecule has 14 nitrogen and oxygen atoms in total. The highest BCUT2D eigenvalue weighted by Crippen LogP contribution is 2.66. The number of ether oxygens (including phenoxy) is 8. The van der Waals surface area contributed by atoms with Gasteiger partial charge < -0.3 is 33.2 Å². The summed E-state index contributed by atoms with van der Waals surface area (Å²) in [5.74, 6) is -4.00. The lowest BCUT2D eigenvalue weighted by Gasteiger charge is -2.60. The zero-order chi connectivity index (χ0) is 36.3. The SMILES string of the molecule is COC(=O)[C@H]1O[C@@H]2O[C@](C)(O[C@@H]3CC[C@]4(C)[C@H](CC[C@H]5[C@H]4C(=O)C[C@@]4(C)[C@@H](C(=O)COC(C)=O)CC[C@@H]54)C3)O[C@@H]2[C@@H](OC(C)=O)[C@@H]1OC(C)=O. The van der Waals surface area contributed by atoms with Crippen LogP contribution in [0.3, 0.4) is 0 Å².